The van der Waals surface area contributed by atoms with Gasteiger partial charge in [-0.05, 0) is 85.6 Å². The topological polar surface area (TPSA) is 88.6 Å². The molecule has 8 heteroatoms. The molecule has 0 unspecified atom stereocenters. The third-order valence-electron chi connectivity index (χ3n) is 7.69. The molecular formula is C37H29ClN4O3. The molecule has 2 heterocycles. The average molecular weight is 613 g/mol. The lowest BCUT2D eigenvalue weighted by Gasteiger charge is -2.15. The molecule has 2 aromatic heterocycles. The van der Waals surface area contributed by atoms with Crippen LogP contribution < -0.4 is 5.43 Å². The summed E-state index contributed by atoms with van der Waals surface area (Å²) in [5.74, 6) is -1.41. The second-order valence-electron chi connectivity index (χ2n) is 10.5. The van der Waals surface area contributed by atoms with E-state index in [1.165, 1.54) is 6.07 Å². The van der Waals surface area contributed by atoms with Crippen LogP contribution >= 0.6 is 11.6 Å². The van der Waals surface area contributed by atoms with E-state index in [0.29, 0.717) is 5.56 Å². The first kappa shape index (κ1) is 29.4. The number of carboxylic acid groups (broad SMARTS) is 1. The van der Waals surface area contributed by atoms with Crippen molar-refractivity contribution in [2.75, 3.05) is 0 Å². The summed E-state index contributed by atoms with van der Waals surface area (Å²) in [7, 11) is 0. The summed E-state index contributed by atoms with van der Waals surface area (Å²) in [6.07, 6.45) is 1.59. The minimum Gasteiger partial charge on any atom is -0.478 e. The third-order valence-corrected chi connectivity index (χ3v) is 8.00. The Bertz CT molecular complexity index is 1990. The lowest BCUT2D eigenvalue weighted by molar-refractivity contribution is 0.0696. The number of amides is 1. The molecule has 0 saturated heterocycles. The SMILES string of the molecule is Cc1cc(/C=N\NC(=O)c2ccc(-n3c(-c4ccccc4)ccc3-c3ccccc3)cc2)c(C)n1-c1ccc(C(=O)O)c(Cl)c1. The van der Waals surface area contributed by atoms with Crippen molar-refractivity contribution in [3.63, 3.8) is 0 Å². The average Bonchev–Trinajstić information content (AvgIpc) is 3.62. The summed E-state index contributed by atoms with van der Waals surface area (Å²) in [5.41, 5.74) is 11.7. The highest BCUT2D eigenvalue weighted by Gasteiger charge is 2.16. The van der Waals surface area contributed by atoms with Crippen LogP contribution in [0.5, 0.6) is 0 Å². The number of hydrogen-bond acceptors (Lipinski definition) is 3. The number of carbonyl (C=O) groups is 2. The molecule has 4 aromatic carbocycles. The normalized spacial score (nSPS) is 11.2. The molecule has 6 aromatic rings. The number of nitrogens with one attached hydrogen (secondary N) is 1. The first-order chi connectivity index (χ1) is 21.8. The highest BCUT2D eigenvalue weighted by atomic mass is 35.5. The van der Waals surface area contributed by atoms with Crippen LogP contribution in [0.4, 0.5) is 0 Å². The van der Waals surface area contributed by atoms with E-state index in [9.17, 15) is 14.7 Å². The number of aryl methyl sites for hydroxylation is 1. The summed E-state index contributed by atoms with van der Waals surface area (Å²) in [5, 5.41) is 13.7. The van der Waals surface area contributed by atoms with Gasteiger partial charge in [0.15, 0.2) is 0 Å². The van der Waals surface area contributed by atoms with Gasteiger partial charge in [-0.25, -0.2) is 10.2 Å². The zero-order valence-electron chi connectivity index (χ0n) is 24.6. The highest BCUT2D eigenvalue weighted by Crippen LogP contribution is 2.32. The Kier molecular flexibility index (Phi) is 8.18. The molecule has 0 saturated carbocycles. The number of aromatic carboxylic acids is 1. The van der Waals surface area contributed by atoms with Gasteiger partial charge in [-0.15, -0.1) is 0 Å². The molecule has 0 aliphatic carbocycles. The molecule has 0 aliphatic rings. The standard InChI is InChI=1S/C37H29ClN4O3/c1-24-21-29(25(2)41(24)31-17-18-32(37(44)45)33(38)22-31)23-39-40-36(43)28-13-15-30(16-14-28)42-34(26-9-5-3-6-10-26)19-20-35(42)27-11-7-4-8-12-27/h3-23H,1-2H3,(H,40,43)(H,44,45)/b39-23-. The summed E-state index contributed by atoms with van der Waals surface area (Å²) in [4.78, 5) is 24.4. The van der Waals surface area contributed by atoms with Gasteiger partial charge in [0.05, 0.1) is 28.2 Å². The Morgan fingerprint density at radius 3 is 1.87 bits per heavy atom. The number of benzene rings is 4. The van der Waals surface area contributed by atoms with Crippen molar-refractivity contribution in [2.24, 2.45) is 5.10 Å². The number of nitrogens with zero attached hydrogens (tertiary/aromatic N) is 3. The van der Waals surface area contributed by atoms with Gasteiger partial charge in [-0.1, -0.05) is 72.3 Å². The maximum Gasteiger partial charge on any atom is 0.337 e. The van der Waals surface area contributed by atoms with E-state index >= 15 is 0 Å². The number of aromatic nitrogens is 2. The monoisotopic (exact) mass is 612 g/mol. The van der Waals surface area contributed by atoms with Crippen molar-refractivity contribution in [1.82, 2.24) is 14.6 Å². The number of carbonyl (C=O) groups excluding carboxylic acids is 1. The van der Waals surface area contributed by atoms with Crippen molar-refractivity contribution in [3.05, 3.63) is 154 Å². The Hall–Kier alpha value is -5.66. The van der Waals surface area contributed by atoms with Gasteiger partial charge in [0, 0.05) is 33.9 Å². The number of halogens is 1. The molecule has 1 amide bonds. The quantitative estimate of drug-likeness (QED) is 0.134. The first-order valence-corrected chi connectivity index (χ1v) is 14.7. The molecule has 6 rings (SSSR count). The molecule has 0 aliphatic heterocycles. The van der Waals surface area contributed by atoms with Gasteiger partial charge in [-0.2, -0.15) is 5.10 Å². The smallest absolute Gasteiger partial charge is 0.337 e. The Morgan fingerprint density at radius 1 is 0.733 bits per heavy atom. The lowest BCUT2D eigenvalue weighted by Crippen LogP contribution is -2.17. The molecule has 7 nitrogen and oxygen atoms in total. The van der Waals surface area contributed by atoms with Crippen molar-refractivity contribution in [3.8, 4) is 33.9 Å². The second kappa shape index (κ2) is 12.5. The number of hydrogen-bond donors (Lipinski definition) is 2. The van der Waals surface area contributed by atoms with E-state index < -0.39 is 5.97 Å². The molecular weight excluding hydrogens is 584 g/mol. The molecule has 0 spiro atoms. The summed E-state index contributed by atoms with van der Waals surface area (Å²) in [6, 6.07) is 38.9. The van der Waals surface area contributed by atoms with Crippen LogP contribution in [-0.2, 0) is 0 Å². The summed E-state index contributed by atoms with van der Waals surface area (Å²) in [6.45, 7) is 3.85. The van der Waals surface area contributed by atoms with Gasteiger partial charge in [0.1, 0.15) is 0 Å². The third kappa shape index (κ3) is 5.94. The Morgan fingerprint density at radius 2 is 1.31 bits per heavy atom. The minimum absolute atomic E-state index is 0.0436. The molecule has 222 valence electrons. The van der Waals surface area contributed by atoms with Crippen LogP contribution in [0.25, 0.3) is 33.9 Å². The van der Waals surface area contributed by atoms with Crippen LogP contribution in [0, 0.1) is 13.8 Å². The zero-order chi connectivity index (χ0) is 31.5. The van der Waals surface area contributed by atoms with Crippen molar-refractivity contribution < 1.29 is 14.7 Å². The van der Waals surface area contributed by atoms with E-state index in [4.69, 9.17) is 11.6 Å². The summed E-state index contributed by atoms with van der Waals surface area (Å²) >= 11 is 6.20. The zero-order valence-corrected chi connectivity index (χ0v) is 25.4. The van der Waals surface area contributed by atoms with Crippen molar-refractivity contribution in [2.45, 2.75) is 13.8 Å². The van der Waals surface area contributed by atoms with Gasteiger partial charge in [0.25, 0.3) is 5.91 Å². The van der Waals surface area contributed by atoms with E-state index in [1.807, 2.05) is 73.0 Å². The molecule has 0 radical (unpaired) electrons. The van der Waals surface area contributed by atoms with Gasteiger partial charge >= 0.3 is 5.97 Å². The van der Waals surface area contributed by atoms with E-state index in [-0.39, 0.29) is 16.5 Å². The highest BCUT2D eigenvalue weighted by molar-refractivity contribution is 6.33. The first-order valence-electron chi connectivity index (χ1n) is 14.3. The fourth-order valence-corrected chi connectivity index (χ4v) is 5.76. The van der Waals surface area contributed by atoms with E-state index in [0.717, 1.165) is 50.8 Å². The van der Waals surface area contributed by atoms with E-state index in [1.54, 1.807) is 30.5 Å². The molecule has 0 bridgehead atoms. The van der Waals surface area contributed by atoms with E-state index in [2.05, 4.69) is 51.5 Å². The molecule has 0 atom stereocenters. The number of carboxylic acids is 1. The Balaban J connectivity index is 1.22. The summed E-state index contributed by atoms with van der Waals surface area (Å²) < 4.78 is 4.15. The number of hydrazone groups is 1. The van der Waals surface area contributed by atoms with Gasteiger partial charge < -0.3 is 14.2 Å². The van der Waals surface area contributed by atoms with Crippen LogP contribution in [0.15, 0.2) is 126 Å². The van der Waals surface area contributed by atoms with Gasteiger partial charge in [-0.3, -0.25) is 4.79 Å². The fraction of sp³-hybridized carbons (Fsp3) is 0.0541. The fourth-order valence-electron chi connectivity index (χ4n) is 5.50. The van der Waals surface area contributed by atoms with Crippen LogP contribution in [-0.4, -0.2) is 32.3 Å². The maximum absolute atomic E-state index is 13.0. The van der Waals surface area contributed by atoms with Gasteiger partial charge in [0.2, 0.25) is 0 Å². The predicted molar refractivity (Wildman–Crippen MR) is 179 cm³/mol. The maximum atomic E-state index is 13.0. The molecule has 0 fully saturated rings. The molecule has 45 heavy (non-hydrogen) atoms. The minimum atomic E-state index is -1.08. The number of rotatable bonds is 8. The largest absolute Gasteiger partial charge is 0.478 e. The lowest BCUT2D eigenvalue weighted by atomic mass is 10.1. The van der Waals surface area contributed by atoms with Crippen molar-refractivity contribution in [1.29, 1.82) is 0 Å². The van der Waals surface area contributed by atoms with Crippen LogP contribution in [0.3, 0.4) is 0 Å². The predicted octanol–water partition coefficient (Wildman–Crippen LogP) is 8.33. The van der Waals surface area contributed by atoms with Crippen molar-refractivity contribution >= 4 is 29.7 Å². The Labute approximate surface area is 265 Å². The second-order valence-corrected chi connectivity index (χ2v) is 11.0. The van der Waals surface area contributed by atoms with Crippen LogP contribution in [0.1, 0.15) is 37.7 Å². The molecule has 2 N–H and O–H groups in total. The van der Waals surface area contributed by atoms with Crippen LogP contribution in [0.2, 0.25) is 5.02 Å².